The van der Waals surface area contributed by atoms with Crippen LogP contribution in [0.25, 0.3) is 0 Å². The third-order valence-corrected chi connectivity index (χ3v) is 7.71. The molecule has 0 radical (unpaired) electrons. The Labute approximate surface area is 252 Å². The van der Waals surface area contributed by atoms with E-state index in [0.717, 1.165) is 6.07 Å². The summed E-state index contributed by atoms with van der Waals surface area (Å²) in [4.78, 5) is 56.5. The summed E-state index contributed by atoms with van der Waals surface area (Å²) in [6.07, 6.45) is -3.99. The van der Waals surface area contributed by atoms with Crippen molar-refractivity contribution in [3.8, 4) is 0 Å². The van der Waals surface area contributed by atoms with Gasteiger partial charge in [-0.3, -0.25) is 14.4 Å². The van der Waals surface area contributed by atoms with Gasteiger partial charge in [-0.05, 0) is 71.6 Å². The maximum atomic E-state index is 14.5. The van der Waals surface area contributed by atoms with Gasteiger partial charge in [0.05, 0.1) is 17.2 Å². The van der Waals surface area contributed by atoms with Gasteiger partial charge in [0.15, 0.2) is 0 Å². The van der Waals surface area contributed by atoms with Crippen molar-refractivity contribution in [2.24, 2.45) is 5.41 Å². The Kier molecular flexibility index (Phi) is 10.1. The molecular weight excluding hydrogens is 565 g/mol. The molecule has 9 nitrogen and oxygen atoms in total. The fourth-order valence-corrected chi connectivity index (χ4v) is 5.75. The van der Waals surface area contributed by atoms with Crippen molar-refractivity contribution < 1.29 is 37.1 Å². The lowest BCUT2D eigenvalue weighted by atomic mass is 9.79. The molecule has 0 saturated carbocycles. The van der Waals surface area contributed by atoms with Crippen molar-refractivity contribution in [3.05, 3.63) is 28.8 Å². The van der Waals surface area contributed by atoms with E-state index in [-0.39, 0.29) is 50.0 Å². The van der Waals surface area contributed by atoms with Gasteiger partial charge < -0.3 is 24.8 Å². The fraction of sp³-hybridized carbons (Fsp3) is 0.677. The molecule has 1 saturated heterocycles. The van der Waals surface area contributed by atoms with Crippen LogP contribution in [-0.2, 0) is 26.9 Å². The summed E-state index contributed by atoms with van der Waals surface area (Å²) >= 11 is 0. The van der Waals surface area contributed by atoms with Crippen LogP contribution in [0.5, 0.6) is 0 Å². The molecule has 0 aromatic heterocycles. The normalized spacial score (nSPS) is 18.8. The first-order valence-corrected chi connectivity index (χ1v) is 14.9. The Morgan fingerprint density at radius 2 is 1.81 bits per heavy atom. The van der Waals surface area contributed by atoms with Crippen molar-refractivity contribution in [1.29, 1.82) is 0 Å². The number of hydrogen-bond acceptors (Lipinski definition) is 5. The van der Waals surface area contributed by atoms with E-state index >= 15 is 0 Å². The second-order valence-corrected chi connectivity index (χ2v) is 13.3. The first kappa shape index (κ1) is 34.2. The van der Waals surface area contributed by atoms with E-state index in [4.69, 9.17) is 4.74 Å². The molecule has 1 aromatic rings. The van der Waals surface area contributed by atoms with Crippen LogP contribution in [-0.4, -0.2) is 77.5 Å². The maximum Gasteiger partial charge on any atom is 0.417 e. The lowest BCUT2D eigenvalue weighted by Gasteiger charge is -2.42. The van der Waals surface area contributed by atoms with Crippen molar-refractivity contribution in [2.75, 3.05) is 31.1 Å². The molecule has 0 spiro atoms. The SMILES string of the molecule is CCC(=O)NCCN1C(=O)C(C)(C)Cc2cc(C(F)(F)F)c(C(=O)N(C(C)C)[C@@H]3CCCN(C(=O)OC(C)(C)C)C3)cc21. The number of benzene rings is 1. The van der Waals surface area contributed by atoms with Crippen molar-refractivity contribution >= 4 is 29.5 Å². The molecule has 1 fully saturated rings. The number of nitrogens with zero attached hydrogens (tertiary/aromatic N) is 3. The highest BCUT2D eigenvalue weighted by atomic mass is 19.4. The van der Waals surface area contributed by atoms with E-state index < -0.39 is 52.4 Å². The van der Waals surface area contributed by atoms with E-state index in [9.17, 15) is 32.3 Å². The fourth-order valence-electron chi connectivity index (χ4n) is 5.75. The second-order valence-electron chi connectivity index (χ2n) is 13.3. The van der Waals surface area contributed by atoms with E-state index in [0.29, 0.717) is 24.9 Å². The Morgan fingerprint density at radius 3 is 2.37 bits per heavy atom. The molecule has 1 atom stereocenters. The van der Waals surface area contributed by atoms with E-state index in [2.05, 4.69) is 5.32 Å². The Morgan fingerprint density at radius 1 is 1.16 bits per heavy atom. The lowest BCUT2D eigenvalue weighted by Crippen LogP contribution is -2.54. The largest absolute Gasteiger partial charge is 0.444 e. The lowest BCUT2D eigenvalue weighted by molar-refractivity contribution is -0.138. The molecule has 12 heteroatoms. The number of fused-ring (bicyclic) bond motifs is 1. The van der Waals surface area contributed by atoms with Gasteiger partial charge in [0, 0.05) is 49.7 Å². The molecular formula is C31H45F3N4O5. The molecule has 4 amide bonds. The topological polar surface area (TPSA) is 99.3 Å². The van der Waals surface area contributed by atoms with Gasteiger partial charge in [0.25, 0.3) is 5.91 Å². The molecule has 0 bridgehead atoms. The molecule has 0 unspecified atom stereocenters. The monoisotopic (exact) mass is 610 g/mol. The standard InChI is InChI=1S/C31H45F3N4O5/c1-9-25(39)35-12-14-37-24-16-22(23(31(32,33)34)15-20(24)17-30(7,8)27(37)41)26(40)38(19(2)3)21-11-10-13-36(18-21)28(42)43-29(4,5)6/h15-16,19,21H,9-14,17-18H2,1-8H3,(H,35,39)/t21-/m1/s1. The number of hydrogen-bond donors (Lipinski definition) is 1. The van der Waals surface area contributed by atoms with Gasteiger partial charge in [-0.25, -0.2) is 4.79 Å². The Bertz CT molecular complexity index is 1240. The molecule has 2 aliphatic rings. The number of ether oxygens (including phenoxy) is 1. The van der Waals surface area contributed by atoms with E-state index in [1.807, 2.05) is 0 Å². The van der Waals surface area contributed by atoms with Crippen molar-refractivity contribution in [1.82, 2.24) is 15.1 Å². The minimum atomic E-state index is -4.83. The minimum Gasteiger partial charge on any atom is -0.444 e. The number of nitrogens with one attached hydrogen (secondary N) is 1. The third kappa shape index (κ3) is 8.00. The molecule has 2 heterocycles. The van der Waals surface area contributed by atoms with Gasteiger partial charge in [0.1, 0.15) is 5.60 Å². The molecule has 3 rings (SSSR count). The first-order chi connectivity index (χ1) is 19.8. The number of anilines is 1. The highest BCUT2D eigenvalue weighted by molar-refractivity contribution is 6.03. The molecule has 0 aliphatic carbocycles. The van der Waals surface area contributed by atoms with Crippen LogP contribution in [0.3, 0.4) is 0 Å². The number of rotatable bonds is 7. The molecule has 2 aliphatic heterocycles. The van der Waals surface area contributed by atoms with Crippen LogP contribution in [0.4, 0.5) is 23.7 Å². The van der Waals surface area contributed by atoms with Gasteiger partial charge in [0.2, 0.25) is 11.8 Å². The smallest absolute Gasteiger partial charge is 0.417 e. The van der Waals surface area contributed by atoms with Crippen LogP contribution < -0.4 is 10.2 Å². The van der Waals surface area contributed by atoms with Gasteiger partial charge in [-0.15, -0.1) is 0 Å². The maximum absolute atomic E-state index is 14.5. The summed E-state index contributed by atoms with van der Waals surface area (Å²) in [6, 6.07) is 1.15. The summed E-state index contributed by atoms with van der Waals surface area (Å²) in [7, 11) is 0. The number of piperidine rings is 1. The van der Waals surface area contributed by atoms with Crippen molar-refractivity contribution in [3.63, 3.8) is 0 Å². The third-order valence-electron chi connectivity index (χ3n) is 7.71. The average Bonchev–Trinajstić information content (AvgIpc) is 2.88. The van der Waals surface area contributed by atoms with Gasteiger partial charge in [-0.2, -0.15) is 13.2 Å². The number of carbonyl (C=O) groups excluding carboxylic acids is 4. The number of likely N-dealkylation sites (tertiary alicyclic amines) is 1. The van der Waals surface area contributed by atoms with E-state index in [1.54, 1.807) is 55.4 Å². The summed E-state index contributed by atoms with van der Waals surface area (Å²) in [6.45, 7) is 14.4. The number of carbonyl (C=O) groups is 4. The van der Waals surface area contributed by atoms with E-state index in [1.165, 1.54) is 20.8 Å². The molecule has 240 valence electrons. The Hall–Kier alpha value is -3.31. The number of halogens is 3. The molecule has 1 N–H and O–H groups in total. The van der Waals surface area contributed by atoms with Gasteiger partial charge >= 0.3 is 12.3 Å². The number of amides is 4. The van der Waals surface area contributed by atoms with Crippen molar-refractivity contribution in [2.45, 2.75) is 105 Å². The molecule has 43 heavy (non-hydrogen) atoms. The average molecular weight is 611 g/mol. The predicted molar refractivity (Wildman–Crippen MR) is 157 cm³/mol. The first-order valence-electron chi connectivity index (χ1n) is 14.9. The Balaban J connectivity index is 2.05. The summed E-state index contributed by atoms with van der Waals surface area (Å²) in [5.74, 6) is -1.34. The van der Waals surface area contributed by atoms with Gasteiger partial charge in [-0.1, -0.05) is 20.8 Å². The predicted octanol–water partition coefficient (Wildman–Crippen LogP) is 5.40. The zero-order valence-electron chi connectivity index (χ0n) is 26.5. The highest BCUT2D eigenvalue weighted by Gasteiger charge is 2.44. The van der Waals surface area contributed by atoms with Crippen LogP contribution in [0.1, 0.15) is 96.1 Å². The minimum absolute atomic E-state index is 0.0430. The second kappa shape index (κ2) is 12.7. The summed E-state index contributed by atoms with van der Waals surface area (Å²) in [5.41, 5.74) is -2.78. The van der Waals surface area contributed by atoms with Crippen LogP contribution in [0.15, 0.2) is 12.1 Å². The summed E-state index contributed by atoms with van der Waals surface area (Å²) in [5, 5.41) is 2.70. The summed E-state index contributed by atoms with van der Waals surface area (Å²) < 4.78 is 49.1. The number of alkyl halides is 3. The van der Waals surface area contributed by atoms with Crippen LogP contribution in [0.2, 0.25) is 0 Å². The highest BCUT2D eigenvalue weighted by Crippen LogP contribution is 2.43. The van der Waals surface area contributed by atoms with Crippen LogP contribution >= 0.6 is 0 Å². The molecule has 1 aromatic carbocycles. The zero-order chi connectivity index (χ0) is 32.5. The quantitative estimate of drug-likeness (QED) is 0.446. The zero-order valence-corrected chi connectivity index (χ0v) is 26.5. The van der Waals surface area contributed by atoms with Crippen LogP contribution in [0, 0.1) is 5.41 Å².